The summed E-state index contributed by atoms with van der Waals surface area (Å²) in [4.78, 5) is 19.9. The Bertz CT molecular complexity index is 621. The van der Waals surface area contributed by atoms with Crippen LogP contribution in [0, 0.1) is 6.92 Å². The molecule has 0 unspecified atom stereocenters. The number of methoxy groups -OCH3 is 1. The van der Waals surface area contributed by atoms with Gasteiger partial charge in [0.25, 0.3) is 0 Å². The molecule has 0 amide bonds. The molecule has 0 saturated carbocycles. The number of carbonyl (C=O) groups excluding carboxylic acids is 1. The summed E-state index contributed by atoms with van der Waals surface area (Å²) in [7, 11) is 1.28. The molecule has 98 valence electrons. The summed E-state index contributed by atoms with van der Waals surface area (Å²) >= 11 is 5.92. The van der Waals surface area contributed by atoms with Crippen LogP contribution in [0.15, 0.2) is 24.3 Å². The molecule has 1 aromatic heterocycles. The lowest BCUT2D eigenvalue weighted by Crippen LogP contribution is -2.12. The molecule has 2 rings (SSSR count). The first kappa shape index (κ1) is 13.3. The number of benzene rings is 1. The SMILES string of the molecule is COC(=O)c1c(C)nc(-c2cccc(Cl)c2)nc1N. The molecule has 0 fully saturated rings. The summed E-state index contributed by atoms with van der Waals surface area (Å²) in [6, 6.07) is 7.09. The van der Waals surface area contributed by atoms with Crippen molar-refractivity contribution in [2.24, 2.45) is 0 Å². The van der Waals surface area contributed by atoms with Gasteiger partial charge in [0.05, 0.1) is 12.8 Å². The molecule has 0 aliphatic heterocycles. The van der Waals surface area contributed by atoms with Crippen LogP contribution in [0.3, 0.4) is 0 Å². The topological polar surface area (TPSA) is 78.1 Å². The summed E-state index contributed by atoms with van der Waals surface area (Å²) in [6.07, 6.45) is 0. The number of anilines is 1. The van der Waals surface area contributed by atoms with Crippen molar-refractivity contribution in [3.05, 3.63) is 40.5 Å². The van der Waals surface area contributed by atoms with Gasteiger partial charge >= 0.3 is 5.97 Å². The maximum absolute atomic E-state index is 11.6. The van der Waals surface area contributed by atoms with Gasteiger partial charge in [0.15, 0.2) is 5.82 Å². The van der Waals surface area contributed by atoms with Gasteiger partial charge in [-0.15, -0.1) is 0 Å². The van der Waals surface area contributed by atoms with E-state index in [-0.39, 0.29) is 11.4 Å². The van der Waals surface area contributed by atoms with Crippen molar-refractivity contribution in [3.8, 4) is 11.4 Å². The standard InChI is InChI=1S/C13H12ClN3O2/c1-7-10(13(18)19-2)11(15)17-12(16-7)8-4-3-5-9(14)6-8/h3-6H,1-2H3,(H2,15,16,17). The van der Waals surface area contributed by atoms with Gasteiger partial charge in [-0.05, 0) is 19.1 Å². The Labute approximate surface area is 115 Å². The number of esters is 1. The van der Waals surface area contributed by atoms with Crippen LogP contribution >= 0.6 is 11.6 Å². The summed E-state index contributed by atoms with van der Waals surface area (Å²) in [5, 5.41) is 0.578. The van der Waals surface area contributed by atoms with Crippen LogP contribution in [-0.2, 0) is 4.74 Å². The lowest BCUT2D eigenvalue weighted by Gasteiger charge is -2.09. The molecule has 0 radical (unpaired) electrons. The molecule has 1 aromatic carbocycles. The molecule has 6 heteroatoms. The fourth-order valence-electron chi connectivity index (χ4n) is 1.71. The fraction of sp³-hybridized carbons (Fsp3) is 0.154. The van der Waals surface area contributed by atoms with E-state index >= 15 is 0 Å². The minimum absolute atomic E-state index is 0.0920. The van der Waals surface area contributed by atoms with Gasteiger partial charge in [-0.3, -0.25) is 0 Å². The first-order chi connectivity index (χ1) is 9.02. The molecule has 19 heavy (non-hydrogen) atoms. The van der Waals surface area contributed by atoms with Gasteiger partial charge in [0.1, 0.15) is 11.4 Å². The summed E-state index contributed by atoms with van der Waals surface area (Å²) in [5.74, 6) is -0.0351. The van der Waals surface area contributed by atoms with Crippen molar-refractivity contribution in [3.63, 3.8) is 0 Å². The van der Waals surface area contributed by atoms with Crippen molar-refractivity contribution >= 4 is 23.4 Å². The third kappa shape index (κ3) is 2.66. The first-order valence-corrected chi connectivity index (χ1v) is 5.89. The van der Waals surface area contributed by atoms with Gasteiger partial charge in [0, 0.05) is 10.6 Å². The quantitative estimate of drug-likeness (QED) is 0.853. The van der Waals surface area contributed by atoms with E-state index in [4.69, 9.17) is 17.3 Å². The average Bonchev–Trinajstić information content (AvgIpc) is 2.37. The number of aromatic nitrogens is 2. The number of halogens is 1. The maximum Gasteiger partial charge on any atom is 0.343 e. The van der Waals surface area contributed by atoms with Gasteiger partial charge in [-0.2, -0.15) is 0 Å². The molecule has 1 heterocycles. The van der Waals surface area contributed by atoms with E-state index in [1.165, 1.54) is 7.11 Å². The predicted octanol–water partition coefficient (Wildman–Crippen LogP) is 2.47. The van der Waals surface area contributed by atoms with Crippen LogP contribution < -0.4 is 5.73 Å². The Morgan fingerprint density at radius 3 is 2.68 bits per heavy atom. The molecule has 0 aliphatic rings. The predicted molar refractivity (Wildman–Crippen MR) is 73.0 cm³/mol. The van der Waals surface area contributed by atoms with Gasteiger partial charge in [0.2, 0.25) is 0 Å². The van der Waals surface area contributed by atoms with E-state index in [1.54, 1.807) is 25.1 Å². The fourth-order valence-corrected chi connectivity index (χ4v) is 1.90. The molecular weight excluding hydrogens is 266 g/mol. The number of rotatable bonds is 2. The maximum atomic E-state index is 11.6. The second-order valence-electron chi connectivity index (χ2n) is 3.89. The van der Waals surface area contributed by atoms with Gasteiger partial charge in [-0.25, -0.2) is 14.8 Å². The average molecular weight is 278 g/mol. The van der Waals surface area contributed by atoms with Gasteiger partial charge < -0.3 is 10.5 Å². The minimum atomic E-state index is -0.548. The van der Waals surface area contributed by atoms with E-state index in [9.17, 15) is 4.79 Å². The normalized spacial score (nSPS) is 10.3. The molecule has 0 aliphatic carbocycles. The van der Waals surface area contributed by atoms with Crippen LogP contribution in [0.1, 0.15) is 16.1 Å². The van der Waals surface area contributed by atoms with E-state index in [1.807, 2.05) is 6.07 Å². The highest BCUT2D eigenvalue weighted by molar-refractivity contribution is 6.30. The molecule has 0 bridgehead atoms. The number of nitrogen functional groups attached to an aromatic ring is 1. The Morgan fingerprint density at radius 2 is 2.11 bits per heavy atom. The highest BCUT2D eigenvalue weighted by Crippen LogP contribution is 2.23. The Morgan fingerprint density at radius 1 is 1.37 bits per heavy atom. The molecule has 2 N–H and O–H groups in total. The van der Waals surface area contributed by atoms with Crippen molar-refractivity contribution < 1.29 is 9.53 Å². The number of hydrogen-bond acceptors (Lipinski definition) is 5. The molecule has 0 spiro atoms. The van der Waals surface area contributed by atoms with E-state index in [2.05, 4.69) is 14.7 Å². The summed E-state index contributed by atoms with van der Waals surface area (Å²) in [6.45, 7) is 1.68. The number of nitrogens with two attached hydrogens (primary N) is 1. The summed E-state index contributed by atoms with van der Waals surface area (Å²) < 4.78 is 4.64. The number of aryl methyl sites for hydroxylation is 1. The molecule has 2 aromatic rings. The van der Waals surface area contributed by atoms with Crippen molar-refractivity contribution in [1.82, 2.24) is 9.97 Å². The molecular formula is C13H12ClN3O2. The van der Waals surface area contributed by atoms with E-state index < -0.39 is 5.97 Å². The second kappa shape index (κ2) is 5.24. The summed E-state index contributed by atoms with van der Waals surface area (Å²) in [5.41, 5.74) is 7.18. The molecule has 5 nitrogen and oxygen atoms in total. The Kier molecular flexibility index (Phi) is 3.66. The lowest BCUT2D eigenvalue weighted by atomic mass is 10.1. The number of ether oxygens (including phenoxy) is 1. The lowest BCUT2D eigenvalue weighted by molar-refractivity contribution is 0.0600. The van der Waals surface area contributed by atoms with Crippen LogP contribution in [0.4, 0.5) is 5.82 Å². The van der Waals surface area contributed by atoms with Crippen LogP contribution in [0.2, 0.25) is 5.02 Å². The van der Waals surface area contributed by atoms with Crippen molar-refractivity contribution in [2.45, 2.75) is 6.92 Å². The number of hydrogen-bond donors (Lipinski definition) is 1. The zero-order valence-electron chi connectivity index (χ0n) is 10.5. The minimum Gasteiger partial charge on any atom is -0.465 e. The largest absolute Gasteiger partial charge is 0.465 e. The zero-order valence-corrected chi connectivity index (χ0v) is 11.2. The van der Waals surface area contributed by atoms with Gasteiger partial charge in [-0.1, -0.05) is 23.7 Å². The van der Waals surface area contributed by atoms with Crippen LogP contribution in [-0.4, -0.2) is 23.0 Å². The van der Waals surface area contributed by atoms with Crippen LogP contribution in [0.5, 0.6) is 0 Å². The number of carbonyl (C=O) groups is 1. The monoisotopic (exact) mass is 277 g/mol. The number of nitrogens with zero attached hydrogens (tertiary/aromatic N) is 2. The van der Waals surface area contributed by atoms with Crippen molar-refractivity contribution in [2.75, 3.05) is 12.8 Å². The third-order valence-electron chi connectivity index (χ3n) is 2.59. The van der Waals surface area contributed by atoms with Crippen LogP contribution in [0.25, 0.3) is 11.4 Å². The molecule has 0 atom stereocenters. The van der Waals surface area contributed by atoms with E-state index in [0.29, 0.717) is 16.5 Å². The van der Waals surface area contributed by atoms with E-state index in [0.717, 1.165) is 5.56 Å². The smallest absolute Gasteiger partial charge is 0.343 e. The highest BCUT2D eigenvalue weighted by atomic mass is 35.5. The van der Waals surface area contributed by atoms with Crippen molar-refractivity contribution in [1.29, 1.82) is 0 Å². The Balaban J connectivity index is 2.54. The Hall–Kier alpha value is -2.14. The third-order valence-corrected chi connectivity index (χ3v) is 2.83. The first-order valence-electron chi connectivity index (χ1n) is 5.51. The highest BCUT2D eigenvalue weighted by Gasteiger charge is 2.17. The second-order valence-corrected chi connectivity index (χ2v) is 4.33. The zero-order chi connectivity index (χ0) is 14.0. The molecule has 0 saturated heterocycles.